The largest absolute Gasteiger partial charge is 0.481 e. The molecule has 124 valence electrons. The van der Waals surface area contributed by atoms with Crippen molar-refractivity contribution in [3.8, 4) is 0 Å². The number of ether oxygens (including phenoxy) is 2. The molecule has 1 heterocycles. The summed E-state index contributed by atoms with van der Waals surface area (Å²) in [6, 6.07) is 6.56. The summed E-state index contributed by atoms with van der Waals surface area (Å²) in [5.74, 6) is 0.305. The quantitative estimate of drug-likeness (QED) is 0.816. The third-order valence-electron chi connectivity index (χ3n) is 6.46. The van der Waals surface area contributed by atoms with Gasteiger partial charge in [-0.15, -0.1) is 0 Å². The van der Waals surface area contributed by atoms with Crippen molar-refractivity contribution in [3.63, 3.8) is 0 Å². The lowest BCUT2D eigenvalue weighted by atomic mass is 9.56. The van der Waals surface area contributed by atoms with Crippen LogP contribution in [0.2, 0.25) is 0 Å². The average molecular weight is 379 g/mol. The van der Waals surface area contributed by atoms with Crippen LogP contribution in [-0.4, -0.2) is 32.3 Å². The molecule has 2 N–H and O–H groups in total. The highest BCUT2D eigenvalue weighted by atomic mass is 79.9. The van der Waals surface area contributed by atoms with Gasteiger partial charge >= 0.3 is 0 Å². The second kappa shape index (κ2) is 5.30. The maximum Gasteiger partial charge on any atom is 0.170 e. The number of aliphatic imine (C=N–C) groups is 1. The molecule has 0 saturated heterocycles. The van der Waals surface area contributed by atoms with Gasteiger partial charge in [-0.05, 0) is 48.4 Å². The first kappa shape index (κ1) is 15.6. The Balaban J connectivity index is 1.85. The van der Waals surface area contributed by atoms with E-state index >= 15 is 0 Å². The molecule has 4 nitrogen and oxygen atoms in total. The van der Waals surface area contributed by atoms with Gasteiger partial charge in [0.2, 0.25) is 0 Å². The zero-order valence-corrected chi connectivity index (χ0v) is 15.2. The molecule has 1 fully saturated rings. The fraction of sp³-hybridized carbons (Fsp3) is 0.611. The number of nitrogens with zero attached hydrogens (tertiary/aromatic N) is 1. The fourth-order valence-electron chi connectivity index (χ4n) is 5.17. The van der Waals surface area contributed by atoms with E-state index in [1.54, 1.807) is 13.5 Å². The lowest BCUT2D eigenvalue weighted by Crippen LogP contribution is -2.61. The Morgan fingerprint density at radius 3 is 2.96 bits per heavy atom. The lowest BCUT2D eigenvalue weighted by Gasteiger charge is -2.52. The predicted octanol–water partition coefficient (Wildman–Crippen LogP) is 3.02. The van der Waals surface area contributed by atoms with Gasteiger partial charge in [-0.2, -0.15) is 0 Å². The van der Waals surface area contributed by atoms with Gasteiger partial charge in [0.25, 0.3) is 0 Å². The highest BCUT2D eigenvalue weighted by Gasteiger charge is 2.64. The molecule has 5 heteroatoms. The van der Waals surface area contributed by atoms with E-state index in [1.165, 1.54) is 11.1 Å². The molecule has 5 atom stereocenters. The standard InChI is InChI=1S/C18H23BrN2O2/c1-11-15(22-2)5-6-17(16(11)20)8-12-3-4-13(19)7-14(12)18(17)9-23-10-21-18/h3-4,7,10-11,15-16H,5-6,8-9,20H2,1-2H3/t11?,15-,16?,17-,18?/m1/s1. The minimum absolute atomic E-state index is 0.0335. The van der Waals surface area contributed by atoms with Crippen LogP contribution in [0.25, 0.3) is 0 Å². The SMILES string of the molecule is CO[C@@H]1CC[C@@]2(Cc3ccc(Br)cc3C23COC=N3)C(N)C1C. The fourth-order valence-corrected chi connectivity index (χ4v) is 5.53. The summed E-state index contributed by atoms with van der Waals surface area (Å²) < 4.78 is 12.4. The van der Waals surface area contributed by atoms with Gasteiger partial charge in [-0.3, -0.25) is 0 Å². The molecule has 1 aromatic rings. The zero-order valence-electron chi connectivity index (χ0n) is 13.6. The van der Waals surface area contributed by atoms with E-state index in [0.29, 0.717) is 12.5 Å². The summed E-state index contributed by atoms with van der Waals surface area (Å²) in [6.45, 7) is 2.81. The first-order chi connectivity index (χ1) is 11.0. The van der Waals surface area contributed by atoms with Crippen molar-refractivity contribution in [2.45, 2.75) is 43.9 Å². The second-order valence-corrected chi connectivity index (χ2v) is 8.15. The summed E-state index contributed by atoms with van der Waals surface area (Å²) in [7, 11) is 1.79. The van der Waals surface area contributed by atoms with E-state index in [2.05, 4.69) is 41.1 Å². The van der Waals surface area contributed by atoms with Gasteiger partial charge in [-0.1, -0.05) is 28.9 Å². The number of nitrogens with two attached hydrogens (primary N) is 1. The zero-order chi connectivity index (χ0) is 16.2. The minimum atomic E-state index is -0.349. The number of rotatable bonds is 1. The summed E-state index contributed by atoms with van der Waals surface area (Å²) in [5.41, 5.74) is 9.03. The Morgan fingerprint density at radius 2 is 2.26 bits per heavy atom. The Kier molecular flexibility index (Phi) is 3.59. The number of benzene rings is 1. The number of halogens is 1. The molecule has 3 aliphatic rings. The Labute approximate surface area is 145 Å². The van der Waals surface area contributed by atoms with E-state index in [0.717, 1.165) is 23.7 Å². The maximum absolute atomic E-state index is 6.84. The minimum Gasteiger partial charge on any atom is -0.481 e. The van der Waals surface area contributed by atoms with Crippen molar-refractivity contribution in [2.24, 2.45) is 22.1 Å². The van der Waals surface area contributed by atoms with Gasteiger partial charge in [0, 0.05) is 23.0 Å². The summed E-state index contributed by atoms with van der Waals surface area (Å²) >= 11 is 3.61. The van der Waals surface area contributed by atoms with E-state index in [4.69, 9.17) is 20.2 Å². The molecule has 4 rings (SSSR count). The third kappa shape index (κ3) is 1.93. The third-order valence-corrected chi connectivity index (χ3v) is 6.95. The van der Waals surface area contributed by atoms with Crippen LogP contribution in [0.3, 0.4) is 0 Å². The van der Waals surface area contributed by atoms with Crippen molar-refractivity contribution in [2.75, 3.05) is 13.7 Å². The van der Waals surface area contributed by atoms with Crippen molar-refractivity contribution in [1.29, 1.82) is 0 Å². The molecule has 23 heavy (non-hydrogen) atoms. The number of hydrogen-bond donors (Lipinski definition) is 1. The molecule has 1 aromatic carbocycles. The molecule has 2 spiro atoms. The molecule has 1 aliphatic heterocycles. The molecule has 0 aromatic heterocycles. The first-order valence-corrected chi connectivity index (χ1v) is 9.06. The number of hydrogen-bond acceptors (Lipinski definition) is 4. The van der Waals surface area contributed by atoms with E-state index < -0.39 is 0 Å². The van der Waals surface area contributed by atoms with Gasteiger partial charge in [0.15, 0.2) is 6.40 Å². The van der Waals surface area contributed by atoms with Crippen LogP contribution in [0.15, 0.2) is 27.7 Å². The van der Waals surface area contributed by atoms with E-state index in [9.17, 15) is 0 Å². The van der Waals surface area contributed by atoms with E-state index in [1.807, 2.05) is 0 Å². The van der Waals surface area contributed by atoms with Gasteiger partial charge in [-0.25, -0.2) is 4.99 Å². The molecule has 0 radical (unpaired) electrons. The van der Waals surface area contributed by atoms with Crippen molar-refractivity contribution in [3.05, 3.63) is 33.8 Å². The normalized spacial score (nSPS) is 41.5. The molecule has 0 amide bonds. The Bertz CT molecular complexity index is 664. The Hall–Kier alpha value is -0.910. The molecule has 0 bridgehead atoms. The molecule has 2 aliphatic carbocycles. The molecule has 3 unspecified atom stereocenters. The Morgan fingerprint density at radius 1 is 1.43 bits per heavy atom. The topological polar surface area (TPSA) is 56.8 Å². The van der Waals surface area contributed by atoms with Crippen LogP contribution >= 0.6 is 15.9 Å². The lowest BCUT2D eigenvalue weighted by molar-refractivity contribution is -0.0608. The maximum atomic E-state index is 6.84. The van der Waals surface area contributed by atoms with Gasteiger partial charge in [0.05, 0.1) is 6.10 Å². The average Bonchev–Trinajstić information content (AvgIpc) is 3.13. The first-order valence-electron chi connectivity index (χ1n) is 8.27. The van der Waals surface area contributed by atoms with Gasteiger partial charge < -0.3 is 15.2 Å². The highest BCUT2D eigenvalue weighted by Crippen LogP contribution is 2.61. The molecular formula is C18H23BrN2O2. The van der Waals surface area contributed by atoms with Crippen LogP contribution in [0, 0.1) is 11.3 Å². The van der Waals surface area contributed by atoms with Crippen LogP contribution in [0.1, 0.15) is 30.9 Å². The van der Waals surface area contributed by atoms with Crippen LogP contribution in [-0.2, 0) is 21.4 Å². The van der Waals surface area contributed by atoms with Crippen molar-refractivity contribution < 1.29 is 9.47 Å². The predicted molar refractivity (Wildman–Crippen MR) is 93.6 cm³/mol. The highest BCUT2D eigenvalue weighted by molar-refractivity contribution is 9.10. The second-order valence-electron chi connectivity index (χ2n) is 7.24. The summed E-state index contributed by atoms with van der Waals surface area (Å²) in [5, 5.41) is 0. The monoisotopic (exact) mass is 378 g/mol. The summed E-state index contributed by atoms with van der Waals surface area (Å²) in [4.78, 5) is 4.87. The van der Waals surface area contributed by atoms with Gasteiger partial charge in [0.1, 0.15) is 12.1 Å². The number of fused-ring (bicyclic) bond motifs is 3. The van der Waals surface area contributed by atoms with Crippen molar-refractivity contribution in [1.82, 2.24) is 0 Å². The molecular weight excluding hydrogens is 356 g/mol. The molecule has 1 saturated carbocycles. The smallest absolute Gasteiger partial charge is 0.170 e. The number of methoxy groups -OCH3 is 1. The van der Waals surface area contributed by atoms with Crippen molar-refractivity contribution >= 4 is 22.3 Å². The van der Waals surface area contributed by atoms with Crippen LogP contribution in [0.4, 0.5) is 0 Å². The van der Waals surface area contributed by atoms with Crippen LogP contribution in [0.5, 0.6) is 0 Å². The summed E-state index contributed by atoms with van der Waals surface area (Å²) in [6.07, 6.45) is 4.87. The van der Waals surface area contributed by atoms with E-state index in [-0.39, 0.29) is 23.1 Å². The van der Waals surface area contributed by atoms with Crippen LogP contribution < -0.4 is 5.73 Å².